The molecule has 0 radical (unpaired) electrons. The minimum atomic E-state index is -1.48. The number of nitrogens with two attached hydrogens (primary N) is 2. The number of hydrogen-bond donors (Lipinski definition) is 9. The van der Waals surface area contributed by atoms with E-state index >= 15 is 0 Å². The van der Waals surface area contributed by atoms with Gasteiger partial charge in [-0.25, -0.2) is 9.78 Å². The molecule has 1 aromatic rings. The summed E-state index contributed by atoms with van der Waals surface area (Å²) in [7, 11) is 0. The Morgan fingerprint density at radius 2 is 1.60 bits per heavy atom. The summed E-state index contributed by atoms with van der Waals surface area (Å²) in [5.41, 5.74) is 11.7. The molecule has 0 aromatic carbocycles. The zero-order chi connectivity index (χ0) is 26.4. The summed E-state index contributed by atoms with van der Waals surface area (Å²) >= 11 is 4.09. The molecule has 0 fully saturated rings. The average molecular weight is 516 g/mol. The van der Waals surface area contributed by atoms with Crippen molar-refractivity contribution in [2.45, 2.75) is 62.7 Å². The number of aromatic nitrogens is 2. The van der Waals surface area contributed by atoms with E-state index in [-0.39, 0.29) is 18.6 Å². The van der Waals surface area contributed by atoms with Crippen LogP contribution in [-0.2, 0) is 30.4 Å². The Morgan fingerprint density at radius 1 is 0.971 bits per heavy atom. The number of imidazole rings is 1. The molecule has 0 spiro atoms. The maximum Gasteiger partial charge on any atom is 0.326 e. The Morgan fingerprint density at radius 3 is 2.14 bits per heavy atom. The van der Waals surface area contributed by atoms with Gasteiger partial charge >= 0.3 is 11.9 Å². The summed E-state index contributed by atoms with van der Waals surface area (Å²) in [6, 6.07) is -4.71. The lowest BCUT2D eigenvalue weighted by Gasteiger charge is -2.24. The highest BCUT2D eigenvalue weighted by molar-refractivity contribution is 7.80. The monoisotopic (exact) mass is 515 g/mol. The highest BCUT2D eigenvalue weighted by Crippen LogP contribution is 2.05. The van der Waals surface area contributed by atoms with Crippen LogP contribution in [0.25, 0.3) is 0 Å². The maximum absolute atomic E-state index is 12.8. The van der Waals surface area contributed by atoms with E-state index in [1.54, 1.807) is 0 Å². The van der Waals surface area contributed by atoms with Gasteiger partial charge in [-0.1, -0.05) is 6.42 Å². The van der Waals surface area contributed by atoms with Gasteiger partial charge in [0.15, 0.2) is 0 Å². The Labute approximate surface area is 207 Å². The minimum absolute atomic E-state index is 0.0747. The summed E-state index contributed by atoms with van der Waals surface area (Å²) in [5.74, 6) is -4.89. The Kier molecular flexibility index (Phi) is 13.4. The van der Waals surface area contributed by atoms with E-state index < -0.39 is 60.2 Å². The number of nitrogens with zero attached hydrogens (tertiary/aromatic N) is 1. The summed E-state index contributed by atoms with van der Waals surface area (Å²) < 4.78 is 0. The predicted octanol–water partition coefficient (Wildman–Crippen LogP) is -2.26. The number of aliphatic carboxylic acids is 2. The molecule has 0 saturated carbocycles. The highest BCUT2D eigenvalue weighted by Gasteiger charge is 2.30. The zero-order valence-corrected chi connectivity index (χ0v) is 20.0. The molecule has 196 valence electrons. The van der Waals surface area contributed by atoms with E-state index in [0.717, 1.165) is 0 Å². The van der Waals surface area contributed by atoms with E-state index in [1.807, 2.05) is 0 Å². The van der Waals surface area contributed by atoms with Crippen LogP contribution in [0.2, 0.25) is 0 Å². The number of amides is 3. The second kappa shape index (κ2) is 15.7. The molecule has 4 atom stereocenters. The second-order valence-corrected chi connectivity index (χ2v) is 8.17. The molecule has 35 heavy (non-hydrogen) atoms. The quantitative estimate of drug-likeness (QED) is 0.0796. The van der Waals surface area contributed by atoms with Gasteiger partial charge in [-0.05, 0) is 25.8 Å². The first-order valence-electron chi connectivity index (χ1n) is 11.0. The van der Waals surface area contributed by atoms with Crippen molar-refractivity contribution < 1.29 is 34.2 Å². The first kappa shape index (κ1) is 29.9. The third-order valence-electron chi connectivity index (χ3n) is 4.99. The average Bonchev–Trinajstić information content (AvgIpc) is 3.32. The number of carbonyl (C=O) groups is 5. The number of aromatic amines is 1. The van der Waals surface area contributed by atoms with Crippen LogP contribution in [0.4, 0.5) is 0 Å². The van der Waals surface area contributed by atoms with Gasteiger partial charge in [0.05, 0.1) is 12.4 Å². The highest BCUT2D eigenvalue weighted by atomic mass is 32.1. The molecule has 0 aliphatic rings. The summed E-state index contributed by atoms with van der Waals surface area (Å²) in [5, 5.41) is 25.4. The van der Waals surface area contributed by atoms with Crippen molar-refractivity contribution in [3.8, 4) is 0 Å². The molecule has 1 aromatic heterocycles. The fourth-order valence-corrected chi connectivity index (χ4v) is 3.26. The molecule has 0 bridgehead atoms. The van der Waals surface area contributed by atoms with Gasteiger partial charge in [0, 0.05) is 30.5 Å². The molecule has 4 unspecified atom stereocenters. The van der Waals surface area contributed by atoms with E-state index in [2.05, 4.69) is 38.5 Å². The summed E-state index contributed by atoms with van der Waals surface area (Å²) in [4.78, 5) is 66.9. The van der Waals surface area contributed by atoms with Crippen molar-refractivity contribution in [3.05, 3.63) is 18.2 Å². The SMILES string of the molecule is NCCCCC(N)C(=O)NC(CS)C(=O)NC(Cc1cnc[nH]1)C(=O)NC(CCC(=O)O)C(=O)O. The number of carboxylic acids is 2. The fraction of sp³-hybridized carbons (Fsp3) is 0.600. The van der Waals surface area contributed by atoms with Crippen LogP contribution in [-0.4, -0.2) is 86.3 Å². The predicted molar refractivity (Wildman–Crippen MR) is 127 cm³/mol. The van der Waals surface area contributed by atoms with Crippen molar-refractivity contribution in [3.63, 3.8) is 0 Å². The normalized spacial score (nSPS) is 14.3. The molecular weight excluding hydrogens is 482 g/mol. The first-order valence-corrected chi connectivity index (χ1v) is 11.6. The van der Waals surface area contributed by atoms with Crippen LogP contribution in [0.1, 0.15) is 37.8 Å². The van der Waals surface area contributed by atoms with E-state index in [1.165, 1.54) is 12.5 Å². The zero-order valence-electron chi connectivity index (χ0n) is 19.1. The van der Waals surface area contributed by atoms with Crippen LogP contribution in [0.3, 0.4) is 0 Å². The number of carboxylic acid groups (broad SMARTS) is 2. The third-order valence-corrected chi connectivity index (χ3v) is 5.36. The molecule has 0 aliphatic carbocycles. The largest absolute Gasteiger partial charge is 0.481 e. The van der Waals surface area contributed by atoms with Crippen molar-refractivity contribution in [2.75, 3.05) is 12.3 Å². The van der Waals surface area contributed by atoms with E-state index in [4.69, 9.17) is 16.6 Å². The van der Waals surface area contributed by atoms with Gasteiger partial charge in [-0.3, -0.25) is 19.2 Å². The second-order valence-electron chi connectivity index (χ2n) is 7.81. The Hall–Kier alpha value is -3.17. The van der Waals surface area contributed by atoms with E-state index in [9.17, 15) is 29.1 Å². The van der Waals surface area contributed by atoms with Crippen LogP contribution >= 0.6 is 12.6 Å². The number of carbonyl (C=O) groups excluding carboxylic acids is 3. The molecule has 0 aliphatic heterocycles. The lowest BCUT2D eigenvalue weighted by molar-refractivity contribution is -0.143. The Bertz CT molecular complexity index is 853. The van der Waals surface area contributed by atoms with Crippen LogP contribution in [0, 0.1) is 0 Å². The number of thiol groups is 1. The van der Waals surface area contributed by atoms with Gasteiger partial charge in [-0.2, -0.15) is 12.6 Å². The Balaban J connectivity index is 2.90. The third kappa shape index (κ3) is 11.2. The van der Waals surface area contributed by atoms with Gasteiger partial charge in [0.1, 0.15) is 18.1 Å². The van der Waals surface area contributed by atoms with Crippen LogP contribution in [0.15, 0.2) is 12.5 Å². The van der Waals surface area contributed by atoms with Gasteiger partial charge in [-0.15, -0.1) is 0 Å². The maximum atomic E-state index is 12.8. The van der Waals surface area contributed by atoms with Gasteiger partial charge in [0.25, 0.3) is 0 Å². The molecule has 1 rings (SSSR count). The molecule has 0 saturated heterocycles. The summed E-state index contributed by atoms with van der Waals surface area (Å²) in [6.07, 6.45) is 3.60. The standard InChI is InChI=1S/C20H33N7O7S/c21-6-2-1-3-12(22)17(30)27-15(9-35)19(32)26-14(7-11-8-23-10-24-11)18(31)25-13(20(33)34)4-5-16(28)29/h8,10,12-15,35H,1-7,9,21-22H2,(H,23,24)(H,25,31)(H,26,32)(H,27,30)(H,28,29)(H,33,34). The first-order chi connectivity index (χ1) is 16.6. The van der Waals surface area contributed by atoms with Gasteiger partial charge < -0.3 is 42.6 Å². The number of hydrogen-bond acceptors (Lipinski definition) is 9. The molecular formula is C20H33N7O7S. The fourth-order valence-electron chi connectivity index (χ4n) is 3.01. The van der Waals surface area contributed by atoms with Gasteiger partial charge in [0.2, 0.25) is 17.7 Å². The number of rotatable bonds is 17. The topological polar surface area (TPSA) is 243 Å². The molecule has 14 nitrogen and oxygen atoms in total. The summed E-state index contributed by atoms with van der Waals surface area (Å²) in [6.45, 7) is 0.467. The molecule has 15 heteroatoms. The van der Waals surface area contributed by atoms with Crippen LogP contribution in [0.5, 0.6) is 0 Å². The van der Waals surface area contributed by atoms with Crippen molar-refractivity contribution >= 4 is 42.3 Å². The lowest BCUT2D eigenvalue weighted by atomic mass is 10.1. The number of nitrogens with one attached hydrogen (secondary N) is 4. The lowest BCUT2D eigenvalue weighted by Crippen LogP contribution is -2.58. The smallest absolute Gasteiger partial charge is 0.326 e. The molecule has 3 amide bonds. The van der Waals surface area contributed by atoms with Crippen molar-refractivity contribution in [2.24, 2.45) is 11.5 Å². The van der Waals surface area contributed by atoms with Crippen LogP contribution < -0.4 is 27.4 Å². The van der Waals surface area contributed by atoms with Crippen molar-refractivity contribution in [1.82, 2.24) is 25.9 Å². The van der Waals surface area contributed by atoms with Crippen molar-refractivity contribution in [1.29, 1.82) is 0 Å². The molecule has 1 heterocycles. The number of unbranched alkanes of at least 4 members (excludes halogenated alkanes) is 1. The minimum Gasteiger partial charge on any atom is -0.481 e. The van der Waals surface area contributed by atoms with E-state index in [0.29, 0.717) is 31.5 Å². The molecule has 10 N–H and O–H groups in total. The number of H-pyrrole nitrogens is 1.